The van der Waals surface area contributed by atoms with Gasteiger partial charge in [0.15, 0.2) is 0 Å². The molecule has 0 bridgehead atoms. The van der Waals surface area contributed by atoms with Crippen molar-refractivity contribution in [3.63, 3.8) is 0 Å². The minimum absolute atomic E-state index is 0.0161. The lowest BCUT2D eigenvalue weighted by atomic mass is 9.32. The number of fused-ring (bicyclic) bond motifs is 7. The number of hydrogen-bond acceptors (Lipinski definition) is 6. The molecule has 5 aliphatic carbocycles. The van der Waals surface area contributed by atoms with Gasteiger partial charge in [0.1, 0.15) is 0 Å². The molecule has 0 aliphatic heterocycles. The van der Waals surface area contributed by atoms with Gasteiger partial charge in [0.05, 0.1) is 31.5 Å². The molecule has 41 heavy (non-hydrogen) atoms. The van der Waals surface area contributed by atoms with E-state index in [1.165, 1.54) is 11.6 Å². The van der Waals surface area contributed by atoms with Gasteiger partial charge in [-0.1, -0.05) is 66.2 Å². The first-order valence-electron chi connectivity index (χ1n) is 16.1. The van der Waals surface area contributed by atoms with Crippen LogP contribution in [0.25, 0.3) is 0 Å². The summed E-state index contributed by atoms with van der Waals surface area (Å²) in [6, 6.07) is 0. The Hall–Kier alpha value is -1.21. The molecule has 0 spiro atoms. The molecule has 4 fully saturated rings. The topological polar surface area (TPSA) is 107 Å². The van der Waals surface area contributed by atoms with Crippen LogP contribution in [-0.4, -0.2) is 57.9 Å². The minimum Gasteiger partial charge on any atom is -0.462 e. The first kappa shape index (κ1) is 31.2. The van der Waals surface area contributed by atoms with Gasteiger partial charge in [0, 0.05) is 16.9 Å². The van der Waals surface area contributed by atoms with Crippen LogP contribution in [0.15, 0.2) is 23.8 Å². The van der Waals surface area contributed by atoms with E-state index in [-0.39, 0.29) is 58.6 Å². The fourth-order valence-electron chi connectivity index (χ4n) is 11.8. The van der Waals surface area contributed by atoms with Crippen molar-refractivity contribution in [1.29, 1.82) is 0 Å². The van der Waals surface area contributed by atoms with Crippen molar-refractivity contribution in [2.75, 3.05) is 13.2 Å². The van der Waals surface area contributed by atoms with E-state index in [2.05, 4.69) is 47.6 Å². The Morgan fingerprint density at radius 1 is 1.00 bits per heavy atom. The largest absolute Gasteiger partial charge is 0.462 e. The third-order valence-electron chi connectivity index (χ3n) is 14.5. The van der Waals surface area contributed by atoms with Gasteiger partial charge in [-0.3, -0.25) is 0 Å². The summed E-state index contributed by atoms with van der Waals surface area (Å²) < 4.78 is 5.72. The van der Waals surface area contributed by atoms with Crippen LogP contribution >= 0.6 is 0 Å². The number of carbonyl (C=O) groups is 1. The maximum absolute atomic E-state index is 12.3. The van der Waals surface area contributed by atoms with Crippen molar-refractivity contribution >= 4 is 5.97 Å². The second-order valence-electron chi connectivity index (χ2n) is 16.4. The molecule has 5 rings (SSSR count). The van der Waals surface area contributed by atoms with E-state index in [4.69, 9.17) is 4.74 Å². The molecule has 12 atom stereocenters. The van der Waals surface area contributed by atoms with Gasteiger partial charge in [-0.2, -0.15) is 0 Å². The van der Waals surface area contributed by atoms with Gasteiger partial charge in [-0.25, -0.2) is 4.79 Å². The van der Waals surface area contributed by atoms with E-state index in [1.54, 1.807) is 13.0 Å². The van der Waals surface area contributed by atoms with Crippen LogP contribution in [0.3, 0.4) is 0 Å². The summed E-state index contributed by atoms with van der Waals surface area (Å²) in [5.74, 6) is 0.00949. The second kappa shape index (κ2) is 9.90. The van der Waals surface area contributed by atoms with Crippen molar-refractivity contribution in [3.05, 3.63) is 23.8 Å². The van der Waals surface area contributed by atoms with Gasteiger partial charge >= 0.3 is 5.97 Å². The number of ether oxygens (including phenoxy) is 1. The number of aliphatic hydroxyl groups is 4. The van der Waals surface area contributed by atoms with Crippen LogP contribution in [0.4, 0.5) is 0 Å². The smallest absolute Gasteiger partial charge is 0.330 e. The minimum atomic E-state index is -0.741. The van der Waals surface area contributed by atoms with Crippen molar-refractivity contribution < 1.29 is 30.0 Å². The van der Waals surface area contributed by atoms with Crippen LogP contribution in [0.5, 0.6) is 0 Å². The number of esters is 1. The highest BCUT2D eigenvalue weighted by Crippen LogP contribution is 2.76. The summed E-state index contributed by atoms with van der Waals surface area (Å²) in [5, 5.41) is 45.6. The molecule has 0 radical (unpaired) electrons. The van der Waals surface area contributed by atoms with Crippen LogP contribution in [0, 0.1) is 56.2 Å². The Bertz CT molecular complexity index is 1110. The van der Waals surface area contributed by atoms with E-state index < -0.39 is 29.1 Å². The molecule has 6 heteroatoms. The highest BCUT2D eigenvalue weighted by atomic mass is 16.5. The molecule has 6 nitrogen and oxygen atoms in total. The number of allylic oxidation sites excluding steroid dienone is 3. The summed E-state index contributed by atoms with van der Waals surface area (Å²) in [6.07, 6.45) is 9.59. The Balaban J connectivity index is 1.56. The van der Waals surface area contributed by atoms with Gasteiger partial charge in [0.2, 0.25) is 0 Å². The quantitative estimate of drug-likeness (QED) is 0.203. The second-order valence-corrected chi connectivity index (χ2v) is 16.4. The molecule has 4 N–H and O–H groups in total. The average molecular weight is 573 g/mol. The number of carbonyl (C=O) groups excluding carboxylic acids is 1. The zero-order valence-electron chi connectivity index (χ0n) is 26.7. The fraction of sp³-hybridized carbons (Fsp3) is 0.857. The maximum atomic E-state index is 12.3. The molecule has 0 aromatic carbocycles. The predicted octanol–water partition coefficient (Wildman–Crippen LogP) is 5.43. The highest BCUT2D eigenvalue weighted by molar-refractivity contribution is 5.81. The zero-order chi connectivity index (χ0) is 30.4. The Morgan fingerprint density at radius 2 is 1.68 bits per heavy atom. The molecular formula is C35H56O6. The summed E-state index contributed by atoms with van der Waals surface area (Å²) >= 11 is 0. The maximum Gasteiger partial charge on any atom is 0.330 e. The van der Waals surface area contributed by atoms with Gasteiger partial charge in [-0.05, 0) is 97.2 Å². The van der Waals surface area contributed by atoms with E-state index in [0.29, 0.717) is 18.8 Å². The van der Waals surface area contributed by atoms with Gasteiger partial charge in [0.25, 0.3) is 0 Å². The molecule has 4 saturated carbocycles. The lowest BCUT2D eigenvalue weighted by Gasteiger charge is -2.72. The number of rotatable bonds is 4. The van der Waals surface area contributed by atoms with Crippen molar-refractivity contribution in [3.8, 4) is 0 Å². The third kappa shape index (κ3) is 3.98. The lowest BCUT2D eigenvalue weighted by molar-refractivity contribution is -0.244. The molecule has 3 unspecified atom stereocenters. The molecule has 5 aliphatic rings. The van der Waals surface area contributed by atoms with Gasteiger partial charge in [-0.15, -0.1) is 0 Å². The van der Waals surface area contributed by atoms with Crippen LogP contribution < -0.4 is 0 Å². The molecule has 0 amide bonds. The van der Waals surface area contributed by atoms with Crippen molar-refractivity contribution in [2.24, 2.45) is 56.2 Å². The lowest BCUT2D eigenvalue weighted by Crippen LogP contribution is -2.70. The molecule has 0 aromatic heterocycles. The molecule has 0 heterocycles. The Morgan fingerprint density at radius 3 is 2.32 bits per heavy atom. The van der Waals surface area contributed by atoms with E-state index in [9.17, 15) is 25.2 Å². The molecule has 232 valence electrons. The van der Waals surface area contributed by atoms with Crippen molar-refractivity contribution in [1.82, 2.24) is 0 Å². The normalized spacial score (nSPS) is 52.5. The summed E-state index contributed by atoms with van der Waals surface area (Å²) in [4.78, 5) is 12.3. The average Bonchev–Trinajstić information content (AvgIpc) is 2.89. The van der Waals surface area contributed by atoms with E-state index in [0.717, 1.165) is 32.1 Å². The zero-order valence-corrected chi connectivity index (χ0v) is 26.7. The first-order chi connectivity index (χ1) is 19.0. The third-order valence-corrected chi connectivity index (χ3v) is 14.5. The SMILES string of the molecule is C/C=C/C(=O)OC[C@]1(C)C2CC[C@]3(C)C(CC=C4C5CC(C)(C)[C@@H](O)[C@H](C)[C@]5(CO)[C@H](O)C[C@]43C)[C@@]2(C)CC[C@@H]1O. The molecule has 0 aromatic rings. The number of hydrogen-bond donors (Lipinski definition) is 4. The first-order valence-corrected chi connectivity index (χ1v) is 16.1. The Labute approximate surface area is 247 Å². The van der Waals surface area contributed by atoms with Crippen molar-refractivity contribution in [2.45, 2.75) is 119 Å². The molecule has 0 saturated heterocycles. The van der Waals surface area contributed by atoms with Gasteiger partial charge < -0.3 is 25.2 Å². The standard InChI is InChI=1S/C35H56O6/c1-9-10-28(39)41-20-32(6)24-13-16-33(7)25(31(24,5)15-14-26(32)37)12-11-22-23-17-30(3,4)29(40)21(2)35(23,19-36)27(38)18-34(22,33)8/h9-11,21,23-27,29,36-38,40H,12-20H2,1-8H3/b10-9+/t21-,23?,24?,25?,26-,27+,29-,31-,32+,33+,34+,35-/m0/s1. The van der Waals surface area contributed by atoms with E-state index in [1.807, 2.05) is 6.92 Å². The highest BCUT2D eigenvalue weighted by Gasteiger charge is 2.71. The summed E-state index contributed by atoms with van der Waals surface area (Å²) in [6.45, 7) is 17.5. The van der Waals surface area contributed by atoms with E-state index >= 15 is 0 Å². The summed E-state index contributed by atoms with van der Waals surface area (Å²) in [5.41, 5.74) is -0.542. The monoisotopic (exact) mass is 572 g/mol. The Kier molecular flexibility index (Phi) is 7.54. The van der Waals surface area contributed by atoms with Crippen LogP contribution in [-0.2, 0) is 9.53 Å². The predicted molar refractivity (Wildman–Crippen MR) is 160 cm³/mol. The number of aliphatic hydroxyl groups excluding tert-OH is 4. The fourth-order valence-corrected chi connectivity index (χ4v) is 11.8. The molecular weight excluding hydrogens is 516 g/mol. The summed E-state index contributed by atoms with van der Waals surface area (Å²) in [7, 11) is 0. The van der Waals surface area contributed by atoms with Crippen LogP contribution in [0.2, 0.25) is 0 Å². The van der Waals surface area contributed by atoms with Crippen LogP contribution in [0.1, 0.15) is 100 Å².